The summed E-state index contributed by atoms with van der Waals surface area (Å²) in [7, 11) is 0. The second kappa shape index (κ2) is 4.62. The maximum absolute atomic E-state index is 6.08. The van der Waals surface area contributed by atoms with Crippen molar-refractivity contribution >= 4 is 22.4 Å². The topological polar surface area (TPSA) is 77.8 Å². The molecule has 0 radical (unpaired) electrons. The third-order valence-corrected chi connectivity index (χ3v) is 4.51. The number of anilines is 2. The zero-order chi connectivity index (χ0) is 14.3. The first-order valence-electron chi connectivity index (χ1n) is 7.28. The van der Waals surface area contributed by atoms with Crippen LogP contribution < -0.4 is 11.5 Å². The highest BCUT2D eigenvalue weighted by Crippen LogP contribution is 2.42. The summed E-state index contributed by atoms with van der Waals surface area (Å²) in [4.78, 5) is 9.22. The Bertz CT molecular complexity index is 638. The van der Waals surface area contributed by atoms with Crippen LogP contribution in [0.2, 0.25) is 0 Å². The van der Waals surface area contributed by atoms with E-state index in [4.69, 9.17) is 16.5 Å². The minimum Gasteiger partial charge on any atom is -0.397 e. The Morgan fingerprint density at radius 2 is 1.80 bits per heavy atom. The molecule has 20 heavy (non-hydrogen) atoms. The zero-order valence-corrected chi connectivity index (χ0v) is 12.2. The van der Waals surface area contributed by atoms with Crippen molar-refractivity contribution in [3.8, 4) is 0 Å². The molecule has 1 aromatic heterocycles. The molecule has 1 aliphatic carbocycles. The van der Waals surface area contributed by atoms with Gasteiger partial charge in [-0.3, -0.25) is 0 Å². The van der Waals surface area contributed by atoms with Gasteiger partial charge in [0.1, 0.15) is 11.6 Å². The van der Waals surface area contributed by atoms with E-state index in [-0.39, 0.29) is 0 Å². The van der Waals surface area contributed by atoms with Crippen molar-refractivity contribution in [2.75, 3.05) is 11.5 Å². The number of nitrogens with two attached hydrogens (primary N) is 2. The number of nitrogens with zero attached hydrogens (tertiary/aromatic N) is 2. The van der Waals surface area contributed by atoms with E-state index < -0.39 is 0 Å². The molecule has 4 heteroatoms. The summed E-state index contributed by atoms with van der Waals surface area (Å²) in [5.41, 5.74) is 14.0. The predicted octanol–water partition coefficient (Wildman–Crippen LogP) is 3.48. The smallest absolute Gasteiger partial charge is 0.135 e. The fourth-order valence-corrected chi connectivity index (χ4v) is 3.06. The molecule has 0 atom stereocenters. The molecule has 4 nitrogen and oxygen atoms in total. The van der Waals surface area contributed by atoms with Crippen LogP contribution in [-0.4, -0.2) is 9.97 Å². The number of para-hydroxylation sites is 1. The van der Waals surface area contributed by atoms with E-state index in [0.29, 0.717) is 22.8 Å². The number of benzene rings is 1. The van der Waals surface area contributed by atoms with Crippen LogP contribution >= 0.6 is 0 Å². The molecule has 4 N–H and O–H groups in total. The molecule has 0 aliphatic heterocycles. The van der Waals surface area contributed by atoms with Crippen LogP contribution in [0.4, 0.5) is 11.5 Å². The van der Waals surface area contributed by atoms with E-state index in [0.717, 1.165) is 29.6 Å². The molecule has 0 spiro atoms. The van der Waals surface area contributed by atoms with Crippen molar-refractivity contribution in [2.45, 2.75) is 45.4 Å². The first-order chi connectivity index (χ1) is 9.46. The summed E-state index contributed by atoms with van der Waals surface area (Å²) in [6.07, 6.45) is 4.68. The molecule has 3 rings (SSSR count). The third-order valence-electron chi connectivity index (χ3n) is 4.51. The Morgan fingerprint density at radius 1 is 1.10 bits per heavy atom. The van der Waals surface area contributed by atoms with Crippen LogP contribution in [-0.2, 0) is 0 Å². The van der Waals surface area contributed by atoms with E-state index >= 15 is 0 Å². The quantitative estimate of drug-likeness (QED) is 0.778. The van der Waals surface area contributed by atoms with Crippen molar-refractivity contribution < 1.29 is 0 Å². The largest absolute Gasteiger partial charge is 0.397 e. The molecule has 1 fully saturated rings. The van der Waals surface area contributed by atoms with Crippen LogP contribution in [0.5, 0.6) is 0 Å². The number of aromatic nitrogens is 2. The molecular formula is C16H22N4. The van der Waals surface area contributed by atoms with Crippen molar-refractivity contribution in [1.82, 2.24) is 9.97 Å². The van der Waals surface area contributed by atoms with E-state index in [1.165, 1.54) is 12.8 Å². The molecule has 1 aromatic carbocycles. The second-order valence-corrected chi connectivity index (χ2v) is 6.65. The fraction of sp³-hybridized carbons (Fsp3) is 0.500. The average molecular weight is 270 g/mol. The highest BCUT2D eigenvalue weighted by molar-refractivity contribution is 5.95. The average Bonchev–Trinajstić information content (AvgIpc) is 2.40. The Balaban J connectivity index is 1.99. The SMILES string of the molecule is CC1(C)CCC(c2nc(N)c3cccc(N)c3n2)CC1. The van der Waals surface area contributed by atoms with E-state index in [1.54, 1.807) is 0 Å². The van der Waals surface area contributed by atoms with E-state index in [2.05, 4.69) is 18.8 Å². The summed E-state index contributed by atoms with van der Waals surface area (Å²) in [5, 5.41) is 0.852. The van der Waals surface area contributed by atoms with Gasteiger partial charge in [0.2, 0.25) is 0 Å². The number of rotatable bonds is 1. The first-order valence-corrected chi connectivity index (χ1v) is 7.28. The fourth-order valence-electron chi connectivity index (χ4n) is 3.06. The highest BCUT2D eigenvalue weighted by Gasteiger charge is 2.29. The molecule has 0 unspecified atom stereocenters. The van der Waals surface area contributed by atoms with Gasteiger partial charge in [0.15, 0.2) is 0 Å². The molecule has 1 heterocycles. The Morgan fingerprint density at radius 3 is 2.50 bits per heavy atom. The Labute approximate surface area is 119 Å². The van der Waals surface area contributed by atoms with Gasteiger partial charge in [0.05, 0.1) is 11.2 Å². The Kier molecular flexibility index (Phi) is 3.04. The molecule has 2 aromatic rings. The molecule has 106 valence electrons. The number of fused-ring (bicyclic) bond motifs is 1. The van der Waals surface area contributed by atoms with Gasteiger partial charge >= 0.3 is 0 Å². The summed E-state index contributed by atoms with van der Waals surface area (Å²) >= 11 is 0. The first kappa shape index (κ1) is 13.2. The maximum Gasteiger partial charge on any atom is 0.135 e. The lowest BCUT2D eigenvalue weighted by atomic mass is 9.73. The monoisotopic (exact) mass is 270 g/mol. The lowest BCUT2D eigenvalue weighted by molar-refractivity contribution is 0.221. The maximum atomic E-state index is 6.08. The lowest BCUT2D eigenvalue weighted by Gasteiger charge is -2.33. The predicted molar refractivity (Wildman–Crippen MR) is 83.4 cm³/mol. The highest BCUT2D eigenvalue weighted by atomic mass is 15.0. The van der Waals surface area contributed by atoms with Gasteiger partial charge in [-0.2, -0.15) is 0 Å². The summed E-state index contributed by atoms with van der Waals surface area (Å²) in [6.45, 7) is 4.66. The summed E-state index contributed by atoms with van der Waals surface area (Å²) in [5.74, 6) is 1.82. The van der Waals surface area contributed by atoms with Crippen molar-refractivity contribution in [2.24, 2.45) is 5.41 Å². The third kappa shape index (κ3) is 2.30. The molecule has 0 bridgehead atoms. The summed E-state index contributed by atoms with van der Waals surface area (Å²) in [6, 6.07) is 5.68. The van der Waals surface area contributed by atoms with Crippen LogP contribution in [0.1, 0.15) is 51.3 Å². The van der Waals surface area contributed by atoms with Gasteiger partial charge in [0, 0.05) is 11.3 Å². The molecular weight excluding hydrogens is 248 g/mol. The minimum atomic E-state index is 0.411. The molecule has 1 aliphatic rings. The summed E-state index contributed by atoms with van der Waals surface area (Å²) < 4.78 is 0. The van der Waals surface area contributed by atoms with Gasteiger partial charge in [-0.25, -0.2) is 9.97 Å². The van der Waals surface area contributed by atoms with Crippen molar-refractivity contribution in [3.05, 3.63) is 24.0 Å². The van der Waals surface area contributed by atoms with Gasteiger partial charge in [0.25, 0.3) is 0 Å². The van der Waals surface area contributed by atoms with Crippen LogP contribution in [0.25, 0.3) is 10.9 Å². The lowest BCUT2D eigenvalue weighted by Crippen LogP contribution is -2.21. The minimum absolute atomic E-state index is 0.411. The molecule has 1 saturated carbocycles. The zero-order valence-electron chi connectivity index (χ0n) is 12.2. The Hall–Kier alpha value is -1.84. The second-order valence-electron chi connectivity index (χ2n) is 6.65. The van der Waals surface area contributed by atoms with E-state index in [1.807, 2.05) is 18.2 Å². The van der Waals surface area contributed by atoms with Gasteiger partial charge in [-0.15, -0.1) is 0 Å². The van der Waals surface area contributed by atoms with Gasteiger partial charge < -0.3 is 11.5 Å². The van der Waals surface area contributed by atoms with Crippen LogP contribution in [0, 0.1) is 5.41 Å². The van der Waals surface area contributed by atoms with Crippen molar-refractivity contribution in [3.63, 3.8) is 0 Å². The van der Waals surface area contributed by atoms with E-state index in [9.17, 15) is 0 Å². The van der Waals surface area contributed by atoms with Crippen LogP contribution in [0.15, 0.2) is 18.2 Å². The standard InChI is InChI=1S/C16H22N4/c1-16(2)8-6-10(7-9-16)15-19-13-11(14(18)20-15)4-3-5-12(13)17/h3-5,10H,6-9,17H2,1-2H3,(H2,18,19,20). The van der Waals surface area contributed by atoms with Gasteiger partial charge in [-0.1, -0.05) is 19.9 Å². The van der Waals surface area contributed by atoms with Crippen LogP contribution in [0.3, 0.4) is 0 Å². The number of nitrogen functional groups attached to an aromatic ring is 2. The van der Waals surface area contributed by atoms with Gasteiger partial charge in [-0.05, 0) is 43.2 Å². The normalized spacial score (nSPS) is 19.3. The molecule has 0 saturated heterocycles. The number of hydrogen-bond acceptors (Lipinski definition) is 4. The molecule has 0 amide bonds. The number of hydrogen-bond donors (Lipinski definition) is 2. The van der Waals surface area contributed by atoms with Crippen molar-refractivity contribution in [1.29, 1.82) is 0 Å².